The first kappa shape index (κ1) is 17.8. The van der Waals surface area contributed by atoms with E-state index >= 15 is 0 Å². The van der Waals surface area contributed by atoms with Gasteiger partial charge < -0.3 is 10.6 Å². The minimum atomic E-state index is -0.636. The molecule has 0 atom stereocenters. The standard InChI is InChI=1S/C17H12Cl2FN3O/c18-13-5-6-16(14(19)7-13)23-17(24)12(8-21)10-22-9-11-3-1-2-4-15(11)20/h1-7,10,22H,9H2,(H,23,24)/b12-10-. The van der Waals surface area contributed by atoms with Crippen LogP contribution < -0.4 is 10.6 Å². The number of hydrogen-bond donors (Lipinski definition) is 2. The minimum Gasteiger partial charge on any atom is -0.385 e. The van der Waals surface area contributed by atoms with Crippen LogP contribution in [0.1, 0.15) is 5.56 Å². The number of halogens is 3. The zero-order valence-electron chi connectivity index (χ0n) is 12.3. The zero-order valence-corrected chi connectivity index (χ0v) is 13.8. The minimum absolute atomic E-state index is 0.146. The lowest BCUT2D eigenvalue weighted by Crippen LogP contribution is -2.17. The molecule has 0 aliphatic carbocycles. The number of nitrogens with zero attached hydrogens (tertiary/aromatic N) is 1. The van der Waals surface area contributed by atoms with Crippen molar-refractivity contribution in [2.24, 2.45) is 0 Å². The molecule has 0 aromatic heterocycles. The van der Waals surface area contributed by atoms with Crippen molar-refractivity contribution in [3.8, 4) is 6.07 Å². The second-order valence-corrected chi connectivity index (χ2v) is 5.56. The van der Waals surface area contributed by atoms with Gasteiger partial charge in [0.1, 0.15) is 17.5 Å². The van der Waals surface area contributed by atoms with E-state index in [4.69, 9.17) is 28.5 Å². The Morgan fingerprint density at radius 3 is 2.67 bits per heavy atom. The van der Waals surface area contributed by atoms with Crippen molar-refractivity contribution in [2.45, 2.75) is 6.54 Å². The molecule has 7 heteroatoms. The Labute approximate surface area is 148 Å². The van der Waals surface area contributed by atoms with Crippen LogP contribution in [0, 0.1) is 17.1 Å². The second-order valence-electron chi connectivity index (χ2n) is 4.72. The zero-order chi connectivity index (χ0) is 17.5. The normalized spacial score (nSPS) is 10.8. The van der Waals surface area contributed by atoms with Crippen molar-refractivity contribution >= 4 is 34.8 Å². The van der Waals surface area contributed by atoms with Crippen LogP contribution in [-0.2, 0) is 11.3 Å². The number of carbonyl (C=O) groups excluding carboxylic acids is 1. The molecule has 2 aromatic carbocycles. The predicted molar refractivity (Wildman–Crippen MR) is 92.0 cm³/mol. The number of anilines is 1. The lowest BCUT2D eigenvalue weighted by molar-refractivity contribution is -0.112. The van der Waals surface area contributed by atoms with Crippen molar-refractivity contribution in [3.05, 3.63) is 75.7 Å². The quantitative estimate of drug-likeness (QED) is 0.615. The van der Waals surface area contributed by atoms with E-state index in [9.17, 15) is 9.18 Å². The molecule has 0 bridgehead atoms. The Hall–Kier alpha value is -2.55. The number of nitriles is 1. The molecule has 1 amide bonds. The van der Waals surface area contributed by atoms with Crippen molar-refractivity contribution in [3.63, 3.8) is 0 Å². The average Bonchev–Trinajstić information content (AvgIpc) is 2.55. The summed E-state index contributed by atoms with van der Waals surface area (Å²) in [5.41, 5.74) is 0.589. The Balaban J connectivity index is 2.03. The fourth-order valence-corrected chi connectivity index (χ4v) is 2.29. The van der Waals surface area contributed by atoms with Crippen LogP contribution in [0.25, 0.3) is 0 Å². The van der Waals surface area contributed by atoms with Crippen molar-refractivity contribution in [1.29, 1.82) is 5.26 Å². The predicted octanol–water partition coefficient (Wildman–Crippen LogP) is 4.27. The van der Waals surface area contributed by atoms with E-state index in [-0.39, 0.29) is 23.0 Å². The summed E-state index contributed by atoms with van der Waals surface area (Å²) in [7, 11) is 0. The first-order valence-corrected chi connectivity index (χ1v) is 7.60. The van der Waals surface area contributed by atoms with Gasteiger partial charge in [0.05, 0.1) is 10.7 Å². The second kappa shape index (κ2) is 8.34. The number of benzene rings is 2. The number of nitrogens with one attached hydrogen (secondary N) is 2. The highest BCUT2D eigenvalue weighted by atomic mass is 35.5. The monoisotopic (exact) mass is 363 g/mol. The van der Waals surface area contributed by atoms with Crippen molar-refractivity contribution in [1.82, 2.24) is 5.32 Å². The van der Waals surface area contributed by atoms with Crippen LogP contribution in [0.15, 0.2) is 54.2 Å². The molecule has 0 fully saturated rings. The van der Waals surface area contributed by atoms with Gasteiger partial charge in [0.2, 0.25) is 0 Å². The summed E-state index contributed by atoms with van der Waals surface area (Å²) in [6.07, 6.45) is 1.23. The first-order chi connectivity index (χ1) is 11.5. The number of rotatable bonds is 5. The van der Waals surface area contributed by atoms with Crippen LogP contribution in [0.4, 0.5) is 10.1 Å². The Bertz CT molecular complexity index is 831. The molecule has 0 saturated heterocycles. The Morgan fingerprint density at radius 1 is 1.25 bits per heavy atom. The van der Waals surface area contributed by atoms with Gasteiger partial charge in [-0.25, -0.2) is 4.39 Å². The molecular weight excluding hydrogens is 352 g/mol. The lowest BCUT2D eigenvalue weighted by atomic mass is 10.2. The summed E-state index contributed by atoms with van der Waals surface area (Å²) in [6.45, 7) is 0.146. The molecule has 0 radical (unpaired) electrons. The SMILES string of the molecule is N#C/C(=C/NCc1ccccc1F)C(=O)Nc1ccc(Cl)cc1Cl. The Kier molecular flexibility index (Phi) is 6.19. The molecular formula is C17H12Cl2FN3O. The van der Waals surface area contributed by atoms with Gasteiger partial charge in [-0.1, -0.05) is 41.4 Å². The number of hydrogen-bond acceptors (Lipinski definition) is 3. The molecule has 0 unspecified atom stereocenters. The molecule has 0 spiro atoms. The van der Waals surface area contributed by atoms with E-state index in [0.29, 0.717) is 16.3 Å². The summed E-state index contributed by atoms with van der Waals surface area (Å²) >= 11 is 11.7. The van der Waals surface area contributed by atoms with Gasteiger partial charge in [-0.3, -0.25) is 4.79 Å². The largest absolute Gasteiger partial charge is 0.385 e. The third-order valence-electron chi connectivity index (χ3n) is 3.04. The smallest absolute Gasteiger partial charge is 0.267 e. The summed E-state index contributed by atoms with van der Waals surface area (Å²) < 4.78 is 13.5. The van der Waals surface area contributed by atoms with E-state index < -0.39 is 5.91 Å². The number of amides is 1. The van der Waals surface area contributed by atoms with E-state index in [1.165, 1.54) is 24.4 Å². The summed E-state index contributed by atoms with van der Waals surface area (Å²) in [5.74, 6) is -1.00. The van der Waals surface area contributed by atoms with Crippen LogP contribution in [-0.4, -0.2) is 5.91 Å². The molecule has 2 rings (SSSR count). The van der Waals surface area contributed by atoms with Gasteiger partial charge in [0.25, 0.3) is 5.91 Å². The first-order valence-electron chi connectivity index (χ1n) is 6.84. The summed E-state index contributed by atoms with van der Waals surface area (Å²) in [4.78, 5) is 12.1. The van der Waals surface area contributed by atoms with Gasteiger partial charge in [-0.2, -0.15) is 5.26 Å². The maximum atomic E-state index is 13.5. The van der Waals surface area contributed by atoms with Gasteiger partial charge in [0.15, 0.2) is 0 Å². The van der Waals surface area contributed by atoms with E-state index in [2.05, 4.69) is 10.6 Å². The molecule has 0 aliphatic rings. The fourth-order valence-electron chi connectivity index (χ4n) is 1.83. The third kappa shape index (κ3) is 4.72. The number of carbonyl (C=O) groups is 1. The van der Waals surface area contributed by atoms with Crippen molar-refractivity contribution < 1.29 is 9.18 Å². The highest BCUT2D eigenvalue weighted by molar-refractivity contribution is 6.36. The van der Waals surface area contributed by atoms with Crippen LogP contribution in [0.3, 0.4) is 0 Å². The van der Waals surface area contributed by atoms with Crippen LogP contribution in [0.5, 0.6) is 0 Å². The maximum Gasteiger partial charge on any atom is 0.267 e. The molecule has 2 N–H and O–H groups in total. The fraction of sp³-hybridized carbons (Fsp3) is 0.0588. The molecule has 0 aliphatic heterocycles. The highest BCUT2D eigenvalue weighted by Crippen LogP contribution is 2.25. The average molecular weight is 364 g/mol. The van der Waals surface area contributed by atoms with E-state index in [0.717, 1.165) is 0 Å². The molecule has 2 aromatic rings. The Morgan fingerprint density at radius 2 is 2.00 bits per heavy atom. The van der Waals surface area contributed by atoms with Crippen LogP contribution in [0.2, 0.25) is 10.0 Å². The van der Waals surface area contributed by atoms with Gasteiger partial charge in [-0.15, -0.1) is 0 Å². The molecule has 24 heavy (non-hydrogen) atoms. The van der Waals surface area contributed by atoms with Crippen LogP contribution >= 0.6 is 23.2 Å². The third-order valence-corrected chi connectivity index (χ3v) is 3.59. The van der Waals surface area contributed by atoms with E-state index in [1.807, 2.05) is 0 Å². The molecule has 0 saturated carbocycles. The molecule has 0 heterocycles. The maximum absolute atomic E-state index is 13.5. The molecule has 4 nitrogen and oxygen atoms in total. The van der Waals surface area contributed by atoms with E-state index in [1.54, 1.807) is 30.3 Å². The van der Waals surface area contributed by atoms with Gasteiger partial charge in [-0.05, 0) is 24.3 Å². The van der Waals surface area contributed by atoms with Gasteiger partial charge in [0, 0.05) is 23.3 Å². The topological polar surface area (TPSA) is 64.9 Å². The van der Waals surface area contributed by atoms with Gasteiger partial charge >= 0.3 is 0 Å². The summed E-state index contributed by atoms with van der Waals surface area (Å²) in [6, 6.07) is 12.6. The summed E-state index contributed by atoms with van der Waals surface area (Å²) in [5, 5.41) is 15.0. The lowest BCUT2D eigenvalue weighted by Gasteiger charge is -2.07. The molecule has 122 valence electrons. The van der Waals surface area contributed by atoms with Crippen molar-refractivity contribution in [2.75, 3.05) is 5.32 Å². The highest BCUT2D eigenvalue weighted by Gasteiger charge is 2.11.